The van der Waals surface area contributed by atoms with Gasteiger partial charge in [-0.3, -0.25) is 9.59 Å². The van der Waals surface area contributed by atoms with Crippen LogP contribution in [0, 0.1) is 10.2 Å². The molecule has 0 saturated heterocycles. The molecular weight excluding hydrogens is 685 g/mol. The maximum Gasteiger partial charge on any atom is 0.276 e. The zero-order chi connectivity index (χ0) is 36.3. The second-order valence-corrected chi connectivity index (χ2v) is 15.2. The monoisotopic (exact) mass is 718 g/mol. The quantitative estimate of drug-likeness (QED) is 0.101. The number of carbonyl (C=O) groups excluding carboxylic acids is 2. The lowest BCUT2D eigenvalue weighted by Crippen LogP contribution is -2.58. The van der Waals surface area contributed by atoms with Crippen LogP contribution in [-0.2, 0) is 4.79 Å². The Kier molecular flexibility index (Phi) is 12.1. The highest BCUT2D eigenvalue weighted by atomic mass is 35.7. The Bertz CT molecular complexity index is 1980. The largest absolute Gasteiger partial charge is 0.397 e. The van der Waals surface area contributed by atoms with Gasteiger partial charge in [-0.05, 0) is 60.7 Å². The van der Waals surface area contributed by atoms with E-state index in [9.17, 15) is 9.59 Å². The van der Waals surface area contributed by atoms with Gasteiger partial charge in [-0.15, -0.1) is 0 Å². The Labute approximate surface area is 298 Å². The van der Waals surface area contributed by atoms with Gasteiger partial charge in [-0.2, -0.15) is 14.0 Å². The summed E-state index contributed by atoms with van der Waals surface area (Å²) in [5.41, 5.74) is 8.56. The van der Waals surface area contributed by atoms with Crippen molar-refractivity contribution in [2.45, 2.75) is 0 Å². The molecule has 0 radical (unpaired) electrons. The molecule has 0 aliphatic rings. The lowest BCUT2D eigenvalue weighted by Gasteiger charge is -2.31. The van der Waals surface area contributed by atoms with Crippen LogP contribution in [-0.4, -0.2) is 16.5 Å². The minimum Gasteiger partial charge on any atom is -0.397 e. The molecule has 0 spiro atoms. The van der Waals surface area contributed by atoms with Crippen molar-refractivity contribution in [1.29, 1.82) is 0 Å². The van der Waals surface area contributed by atoms with Crippen molar-refractivity contribution >= 4 is 51.7 Å². The Balaban J connectivity index is 0.000000943. The summed E-state index contributed by atoms with van der Waals surface area (Å²) in [5, 5.41) is 9.94. The van der Waals surface area contributed by atoms with Gasteiger partial charge in [0, 0.05) is 11.1 Å². The molecule has 0 fully saturated rings. The van der Waals surface area contributed by atoms with Gasteiger partial charge in [-0.1, -0.05) is 115 Å². The summed E-state index contributed by atoms with van der Waals surface area (Å²) >= 11 is 0. The van der Waals surface area contributed by atoms with E-state index < -0.39 is 29.3 Å². The minimum atomic E-state index is -4.69. The number of carbonyl (C=O) groups is 2. The number of nitrogen functional groups attached to an aromatic ring is 1. The number of amides is 2. The third-order valence-electron chi connectivity index (χ3n) is 7.76. The van der Waals surface area contributed by atoms with Gasteiger partial charge in [0.05, 0.1) is 26.3 Å². The number of anilines is 2. The molecule has 6 aromatic rings. The number of para-hydroxylation sites is 2. The summed E-state index contributed by atoms with van der Waals surface area (Å²) in [5.74, 6) is -0.874. The molecule has 0 saturated carbocycles. The maximum atomic E-state index is 14.8. The number of nitrogens with two attached hydrogens (primary N) is 1. The van der Waals surface area contributed by atoms with E-state index >= 15 is 0 Å². The average molecular weight is 719 g/mol. The second kappa shape index (κ2) is 16.8. The molecule has 0 unspecified atom stereocenters. The van der Waals surface area contributed by atoms with Crippen molar-refractivity contribution in [3.05, 3.63) is 193 Å². The van der Waals surface area contributed by atoms with Crippen LogP contribution in [0.4, 0.5) is 11.4 Å². The number of hydrogen-bond acceptors (Lipinski definition) is 7. The van der Waals surface area contributed by atoms with Gasteiger partial charge in [-0.25, -0.2) is 0 Å². The van der Waals surface area contributed by atoms with E-state index in [0.717, 1.165) is 21.5 Å². The molecule has 11 heteroatoms. The fraction of sp³-hybridized carbons (Fsp3) is 0. The first kappa shape index (κ1) is 36.6. The molecule has 2 amide bonds. The van der Waals surface area contributed by atoms with Crippen LogP contribution in [0.5, 0.6) is 0 Å². The highest BCUT2D eigenvalue weighted by Gasteiger charge is 2.52. The van der Waals surface area contributed by atoms with Crippen molar-refractivity contribution in [3.63, 3.8) is 0 Å². The van der Waals surface area contributed by atoms with Crippen molar-refractivity contribution in [3.8, 4) is 0 Å². The Morgan fingerprint density at radius 3 is 1.31 bits per heavy atom. The molecule has 0 atom stereocenters. The standard InChI is InChI=1S/C40H32N3O2P.ClHO4/c41-35-28-16-17-29-36(35)42-40(45)37(43-39(44)31-20-8-2-9-21-31)38(30-18-6-1-7-19-30)46(32-22-10-3-11-23-32,33-24-12-4-13-25-33)34-26-14-5-15-27-34;2-1(3,4)5/h1-29H,41H2,(H-,42,43,44,45);(H,2,3,4,5)/p+1/b38-37-;. The van der Waals surface area contributed by atoms with Gasteiger partial charge in [0.25, 0.3) is 11.8 Å². The zero-order valence-corrected chi connectivity index (χ0v) is 28.8. The molecule has 6 aromatic carbocycles. The fourth-order valence-electron chi connectivity index (χ4n) is 5.69. The molecule has 0 aliphatic carbocycles. The van der Waals surface area contributed by atoms with Crippen molar-refractivity contribution in [2.75, 3.05) is 11.1 Å². The second-order valence-electron chi connectivity index (χ2n) is 11.0. The molecule has 0 aliphatic heterocycles. The zero-order valence-electron chi connectivity index (χ0n) is 27.1. The average Bonchev–Trinajstić information content (AvgIpc) is 3.15. The van der Waals surface area contributed by atoms with Crippen LogP contribution in [0.2, 0.25) is 0 Å². The normalized spacial score (nSPS) is 11.7. The molecule has 256 valence electrons. The highest BCUT2D eigenvalue weighted by Crippen LogP contribution is 2.67. The van der Waals surface area contributed by atoms with Gasteiger partial charge in [0.15, 0.2) is 5.70 Å². The number of nitrogens with one attached hydrogen (secondary N) is 2. The lowest BCUT2D eigenvalue weighted by molar-refractivity contribution is -1.92. The van der Waals surface area contributed by atoms with E-state index in [0.29, 0.717) is 22.3 Å². The van der Waals surface area contributed by atoms with Gasteiger partial charge >= 0.3 is 0 Å². The molecule has 5 N–H and O–H groups in total. The predicted octanol–water partition coefficient (Wildman–Crippen LogP) is 2.88. The summed E-state index contributed by atoms with van der Waals surface area (Å²) in [6.45, 7) is 0. The topological polar surface area (TPSA) is 174 Å². The molecule has 51 heavy (non-hydrogen) atoms. The molecule has 0 heterocycles. The smallest absolute Gasteiger partial charge is 0.276 e. The van der Waals surface area contributed by atoms with Crippen LogP contribution < -0.4 is 46.3 Å². The number of halogens is 1. The first-order chi connectivity index (χ1) is 24.6. The molecule has 0 aromatic heterocycles. The van der Waals surface area contributed by atoms with Crippen LogP contribution in [0.1, 0.15) is 15.9 Å². The minimum absolute atomic E-state index is 0.146. The van der Waals surface area contributed by atoms with Crippen LogP contribution >= 0.6 is 7.26 Å². The van der Waals surface area contributed by atoms with Gasteiger partial charge < -0.3 is 16.4 Å². The van der Waals surface area contributed by atoms with E-state index in [-0.39, 0.29) is 5.70 Å². The van der Waals surface area contributed by atoms with Crippen molar-refractivity contribution < 1.29 is 38.5 Å². The first-order valence-corrected chi connectivity index (χ1v) is 18.7. The number of benzene rings is 6. The molecule has 6 rings (SSSR count). The Hall–Kier alpha value is -5.64. The van der Waals surface area contributed by atoms with Gasteiger partial charge in [0.1, 0.15) is 28.5 Å². The van der Waals surface area contributed by atoms with Crippen molar-refractivity contribution in [1.82, 2.24) is 5.32 Å². The van der Waals surface area contributed by atoms with Crippen LogP contribution in [0.15, 0.2) is 182 Å². The fourth-order valence-corrected chi connectivity index (χ4v) is 10.2. The Morgan fingerprint density at radius 2 is 0.902 bits per heavy atom. The first-order valence-electron chi connectivity index (χ1n) is 15.6. The third-order valence-corrected chi connectivity index (χ3v) is 12.1. The van der Waals surface area contributed by atoms with Crippen molar-refractivity contribution in [2.24, 2.45) is 0 Å². The van der Waals surface area contributed by atoms with E-state index in [2.05, 4.69) is 47.0 Å². The predicted molar refractivity (Wildman–Crippen MR) is 194 cm³/mol. The molecular formula is C40H34ClN3O6P+. The third kappa shape index (κ3) is 9.13. The SMILES string of the molecule is Nc1ccccc1NC(=O)/C(NC(=O)c1ccccc1)=C(\c1ccccc1)[P+](c1ccccc1)(c1ccccc1)c1ccccc1.[O-][Cl+3]([O-])([O-])O. The number of hydrogen-bond donors (Lipinski definition) is 4. The van der Waals surface area contributed by atoms with Crippen LogP contribution in [0.25, 0.3) is 5.31 Å². The van der Waals surface area contributed by atoms with Gasteiger partial charge in [0.2, 0.25) is 0 Å². The van der Waals surface area contributed by atoms with E-state index in [1.807, 2.05) is 103 Å². The maximum absolute atomic E-state index is 14.8. The number of rotatable bonds is 9. The van der Waals surface area contributed by atoms with E-state index in [1.54, 1.807) is 36.4 Å². The summed E-state index contributed by atoms with van der Waals surface area (Å²) in [6, 6.07) is 56.6. The summed E-state index contributed by atoms with van der Waals surface area (Å²) in [4.78, 5) is 28.8. The summed E-state index contributed by atoms with van der Waals surface area (Å²) < 4.78 is 32.7. The summed E-state index contributed by atoms with van der Waals surface area (Å²) in [6.07, 6.45) is 0. The summed E-state index contributed by atoms with van der Waals surface area (Å²) in [7, 11) is -7.58. The van der Waals surface area contributed by atoms with Crippen LogP contribution in [0.3, 0.4) is 0 Å². The Morgan fingerprint density at radius 1 is 0.549 bits per heavy atom. The van der Waals surface area contributed by atoms with E-state index in [1.165, 1.54) is 0 Å². The van der Waals surface area contributed by atoms with E-state index in [4.69, 9.17) is 24.4 Å². The molecule has 9 nitrogen and oxygen atoms in total. The molecule has 0 bridgehead atoms. The lowest BCUT2D eigenvalue weighted by atomic mass is 10.1. The highest BCUT2D eigenvalue weighted by molar-refractivity contribution is 8.03.